The summed E-state index contributed by atoms with van der Waals surface area (Å²) in [5.74, 6) is 1.64. The molecule has 1 aliphatic heterocycles. The lowest BCUT2D eigenvalue weighted by Crippen LogP contribution is -2.34. The summed E-state index contributed by atoms with van der Waals surface area (Å²) in [4.78, 5) is 3.04. The average Bonchev–Trinajstić information content (AvgIpc) is 2.92. The van der Waals surface area contributed by atoms with Gasteiger partial charge in [0, 0.05) is 18.2 Å². The number of hydrogen-bond acceptors (Lipinski definition) is 3. The van der Waals surface area contributed by atoms with Gasteiger partial charge in [-0.15, -0.1) is 0 Å². The number of benzene rings is 1. The van der Waals surface area contributed by atoms with Crippen molar-refractivity contribution in [2.75, 3.05) is 19.7 Å². The van der Waals surface area contributed by atoms with Gasteiger partial charge in [-0.05, 0) is 56.0 Å². The second-order valence-electron chi connectivity index (χ2n) is 6.08. The maximum atomic E-state index is 5.79. The van der Waals surface area contributed by atoms with Crippen LogP contribution in [0.1, 0.15) is 38.7 Å². The first-order valence-electron chi connectivity index (χ1n) is 7.84. The Morgan fingerprint density at radius 3 is 2.71 bits per heavy atom. The van der Waals surface area contributed by atoms with Crippen LogP contribution in [0, 0.1) is 5.92 Å². The number of rotatable bonds is 7. The third kappa shape index (κ3) is 4.68. The molecule has 1 aromatic rings. The quantitative estimate of drug-likeness (QED) is 0.620. The number of likely N-dealkylation sites (tertiary alicyclic amines) is 1. The van der Waals surface area contributed by atoms with Gasteiger partial charge in [-0.3, -0.25) is 0 Å². The summed E-state index contributed by atoms with van der Waals surface area (Å²) in [6.07, 6.45) is 3.75. The van der Waals surface area contributed by atoms with Crippen LogP contribution in [0.4, 0.5) is 0 Å². The van der Waals surface area contributed by atoms with Crippen LogP contribution in [0.2, 0.25) is 0 Å². The zero-order valence-electron chi connectivity index (χ0n) is 13.0. The van der Waals surface area contributed by atoms with Crippen LogP contribution < -0.4 is 10.5 Å². The predicted octanol–water partition coefficient (Wildman–Crippen LogP) is 3.21. The lowest BCUT2D eigenvalue weighted by molar-refractivity contribution is 0.188. The fourth-order valence-corrected chi connectivity index (χ4v) is 3.19. The van der Waals surface area contributed by atoms with E-state index in [1.807, 2.05) is 24.3 Å². The molecule has 4 heteroatoms. The van der Waals surface area contributed by atoms with E-state index in [1.165, 1.54) is 19.4 Å². The zero-order chi connectivity index (χ0) is 15.2. The zero-order valence-corrected chi connectivity index (χ0v) is 13.9. The molecule has 1 fully saturated rings. The lowest BCUT2D eigenvalue weighted by Gasteiger charge is -2.27. The van der Waals surface area contributed by atoms with Crippen molar-refractivity contribution in [1.82, 2.24) is 4.90 Å². The molecule has 1 atom stereocenters. The van der Waals surface area contributed by atoms with Crippen molar-refractivity contribution in [3.8, 4) is 5.75 Å². The highest BCUT2D eigenvalue weighted by Crippen LogP contribution is 2.23. The number of nitrogens with zero attached hydrogens (tertiary/aromatic N) is 1. The van der Waals surface area contributed by atoms with Crippen LogP contribution in [0.25, 0.3) is 0 Å². The Morgan fingerprint density at radius 1 is 1.38 bits per heavy atom. The van der Waals surface area contributed by atoms with E-state index in [9.17, 15) is 0 Å². The summed E-state index contributed by atoms with van der Waals surface area (Å²) in [5.41, 5.74) is 6.46. The normalized spacial score (nSPS) is 19.1. The van der Waals surface area contributed by atoms with Gasteiger partial charge in [0.2, 0.25) is 0 Å². The molecule has 1 aliphatic rings. The van der Waals surface area contributed by atoms with Crippen LogP contribution in [-0.4, -0.2) is 35.6 Å². The molecule has 0 radical (unpaired) electrons. The van der Waals surface area contributed by atoms with E-state index in [0.717, 1.165) is 42.8 Å². The Morgan fingerprint density at radius 2 is 2.10 bits per heavy atom. The van der Waals surface area contributed by atoms with Gasteiger partial charge in [0.25, 0.3) is 0 Å². The molecule has 116 valence electrons. The Hall–Kier alpha value is -1.13. The minimum atomic E-state index is 0.426. The first-order valence-corrected chi connectivity index (χ1v) is 8.25. The van der Waals surface area contributed by atoms with Gasteiger partial charge < -0.3 is 15.4 Å². The van der Waals surface area contributed by atoms with E-state index in [4.69, 9.17) is 22.7 Å². The number of hydrogen-bond donors (Lipinski definition) is 1. The fraction of sp³-hybridized carbons (Fsp3) is 0.588. The minimum Gasteiger partial charge on any atom is -0.494 e. The highest BCUT2D eigenvalue weighted by atomic mass is 32.1. The van der Waals surface area contributed by atoms with E-state index in [0.29, 0.717) is 4.99 Å². The summed E-state index contributed by atoms with van der Waals surface area (Å²) in [7, 11) is 0. The molecule has 3 nitrogen and oxygen atoms in total. The molecule has 1 heterocycles. The van der Waals surface area contributed by atoms with Gasteiger partial charge in [-0.2, -0.15) is 0 Å². The molecule has 0 bridgehead atoms. The minimum absolute atomic E-state index is 0.426. The smallest absolute Gasteiger partial charge is 0.119 e. The van der Waals surface area contributed by atoms with E-state index in [1.54, 1.807) is 0 Å². The van der Waals surface area contributed by atoms with Crippen molar-refractivity contribution in [2.24, 2.45) is 11.7 Å². The molecule has 2 rings (SSSR count). The summed E-state index contributed by atoms with van der Waals surface area (Å²) in [6, 6.07) is 8.44. The first-order chi connectivity index (χ1) is 10.1. The molecule has 21 heavy (non-hydrogen) atoms. The molecule has 0 aromatic heterocycles. The Kier molecular flexibility index (Phi) is 6.00. The van der Waals surface area contributed by atoms with Crippen LogP contribution in [0.15, 0.2) is 24.3 Å². The maximum Gasteiger partial charge on any atom is 0.119 e. The van der Waals surface area contributed by atoms with Crippen LogP contribution >= 0.6 is 12.2 Å². The summed E-state index contributed by atoms with van der Waals surface area (Å²) in [6.45, 7) is 7.78. The summed E-state index contributed by atoms with van der Waals surface area (Å²) < 4.78 is 5.79. The highest BCUT2D eigenvalue weighted by Gasteiger charge is 2.26. The molecular formula is C17H26N2OS. The van der Waals surface area contributed by atoms with Gasteiger partial charge in [0.1, 0.15) is 10.7 Å². The third-order valence-electron chi connectivity index (χ3n) is 4.18. The van der Waals surface area contributed by atoms with Gasteiger partial charge >= 0.3 is 0 Å². The molecule has 2 N–H and O–H groups in total. The summed E-state index contributed by atoms with van der Waals surface area (Å²) >= 11 is 4.94. The second kappa shape index (κ2) is 7.76. The van der Waals surface area contributed by atoms with Gasteiger partial charge in [-0.1, -0.05) is 26.1 Å². The molecular weight excluding hydrogens is 280 g/mol. The van der Waals surface area contributed by atoms with E-state index < -0.39 is 0 Å². The van der Waals surface area contributed by atoms with Crippen molar-refractivity contribution < 1.29 is 4.74 Å². The monoisotopic (exact) mass is 306 g/mol. The Bertz CT molecular complexity index is 458. The highest BCUT2D eigenvalue weighted by molar-refractivity contribution is 7.80. The van der Waals surface area contributed by atoms with Crippen molar-refractivity contribution in [3.05, 3.63) is 29.8 Å². The number of nitrogens with two attached hydrogens (primary N) is 1. The van der Waals surface area contributed by atoms with Crippen LogP contribution in [0.5, 0.6) is 5.75 Å². The standard InChI is InChI=1S/C17H26N2OS/c1-13(2)16-5-3-10-19(16)11-4-12-20-15-8-6-14(7-9-15)17(18)21/h6-9,13,16H,3-5,10-12H2,1-2H3,(H2,18,21). The van der Waals surface area contributed by atoms with E-state index in [2.05, 4.69) is 18.7 Å². The molecule has 0 aliphatic carbocycles. The van der Waals surface area contributed by atoms with Crippen LogP contribution in [0.3, 0.4) is 0 Å². The molecule has 1 aromatic carbocycles. The van der Waals surface area contributed by atoms with Gasteiger partial charge in [0.05, 0.1) is 6.61 Å². The fourth-order valence-electron chi connectivity index (χ4n) is 3.06. The predicted molar refractivity (Wildman–Crippen MR) is 91.9 cm³/mol. The number of ether oxygens (including phenoxy) is 1. The van der Waals surface area contributed by atoms with Crippen molar-refractivity contribution >= 4 is 17.2 Å². The molecule has 1 unspecified atom stereocenters. The second-order valence-corrected chi connectivity index (χ2v) is 6.52. The molecule has 1 saturated heterocycles. The van der Waals surface area contributed by atoms with Crippen LogP contribution in [-0.2, 0) is 0 Å². The third-order valence-corrected chi connectivity index (χ3v) is 4.42. The largest absolute Gasteiger partial charge is 0.494 e. The lowest BCUT2D eigenvalue weighted by atomic mass is 10.0. The van der Waals surface area contributed by atoms with Gasteiger partial charge in [-0.25, -0.2) is 0 Å². The molecule has 0 amide bonds. The topological polar surface area (TPSA) is 38.5 Å². The summed E-state index contributed by atoms with van der Waals surface area (Å²) in [5, 5.41) is 0. The Balaban J connectivity index is 1.71. The van der Waals surface area contributed by atoms with Crippen molar-refractivity contribution in [3.63, 3.8) is 0 Å². The molecule has 0 saturated carbocycles. The maximum absolute atomic E-state index is 5.79. The van der Waals surface area contributed by atoms with Gasteiger partial charge in [0.15, 0.2) is 0 Å². The van der Waals surface area contributed by atoms with E-state index in [-0.39, 0.29) is 0 Å². The van der Waals surface area contributed by atoms with E-state index >= 15 is 0 Å². The number of thiocarbonyl (C=S) groups is 1. The molecule has 0 spiro atoms. The Labute approximate surface area is 133 Å². The van der Waals surface area contributed by atoms with Crippen molar-refractivity contribution in [2.45, 2.75) is 39.2 Å². The SMILES string of the molecule is CC(C)C1CCCN1CCCOc1ccc(C(N)=S)cc1. The van der Waals surface area contributed by atoms with Crippen molar-refractivity contribution in [1.29, 1.82) is 0 Å². The first kappa shape index (κ1) is 16.2. The average molecular weight is 306 g/mol.